The zero-order valence-electron chi connectivity index (χ0n) is 8.96. The van der Waals surface area contributed by atoms with Crippen molar-refractivity contribution in [2.24, 2.45) is 0 Å². The van der Waals surface area contributed by atoms with Gasteiger partial charge < -0.3 is 11.5 Å². The molecule has 0 bridgehead atoms. The Kier molecular flexibility index (Phi) is 2.67. The van der Waals surface area contributed by atoms with Crippen LogP contribution >= 0.6 is 0 Å². The maximum Gasteiger partial charge on any atom is 0.222 e. The molecule has 2 aromatic rings. The van der Waals surface area contributed by atoms with Crippen molar-refractivity contribution in [2.45, 2.75) is 19.9 Å². The van der Waals surface area contributed by atoms with Crippen molar-refractivity contribution in [1.29, 1.82) is 0 Å². The van der Waals surface area contributed by atoms with Crippen LogP contribution in [0, 0.1) is 0 Å². The Morgan fingerprint density at radius 3 is 2.81 bits per heavy atom. The molecular formula is C9H13N7. The van der Waals surface area contributed by atoms with Gasteiger partial charge in [-0.2, -0.15) is 4.98 Å². The molecule has 84 valence electrons. The lowest BCUT2D eigenvalue weighted by molar-refractivity contribution is 0.583. The second-order valence-corrected chi connectivity index (χ2v) is 3.38. The molecule has 0 atom stereocenters. The average Bonchev–Trinajstić information content (AvgIpc) is 2.65. The third-order valence-electron chi connectivity index (χ3n) is 2.08. The van der Waals surface area contributed by atoms with Crippen LogP contribution in [0.25, 0.3) is 11.4 Å². The van der Waals surface area contributed by atoms with E-state index in [-0.39, 0.29) is 5.95 Å². The highest BCUT2D eigenvalue weighted by Gasteiger charge is 2.09. The van der Waals surface area contributed by atoms with Gasteiger partial charge in [-0.3, -0.25) is 0 Å². The van der Waals surface area contributed by atoms with Crippen LogP contribution in [-0.4, -0.2) is 25.0 Å². The van der Waals surface area contributed by atoms with Gasteiger partial charge in [-0.05, 0) is 6.42 Å². The van der Waals surface area contributed by atoms with Gasteiger partial charge in [0.05, 0.1) is 11.9 Å². The first-order chi connectivity index (χ1) is 7.70. The van der Waals surface area contributed by atoms with Gasteiger partial charge in [0.2, 0.25) is 5.95 Å². The number of anilines is 2. The van der Waals surface area contributed by atoms with E-state index in [0.717, 1.165) is 18.7 Å². The van der Waals surface area contributed by atoms with Gasteiger partial charge in [-0.1, -0.05) is 12.1 Å². The minimum Gasteiger partial charge on any atom is -0.384 e. The van der Waals surface area contributed by atoms with E-state index in [2.05, 4.69) is 27.2 Å². The van der Waals surface area contributed by atoms with E-state index in [0.29, 0.717) is 11.5 Å². The molecule has 0 amide bonds. The van der Waals surface area contributed by atoms with E-state index in [4.69, 9.17) is 11.5 Å². The molecule has 0 fully saturated rings. The molecule has 0 aliphatic heterocycles. The van der Waals surface area contributed by atoms with E-state index in [1.807, 2.05) is 0 Å². The summed E-state index contributed by atoms with van der Waals surface area (Å²) >= 11 is 0. The van der Waals surface area contributed by atoms with Crippen LogP contribution in [0.5, 0.6) is 0 Å². The van der Waals surface area contributed by atoms with Gasteiger partial charge in [0, 0.05) is 12.6 Å². The van der Waals surface area contributed by atoms with Crippen LogP contribution in [0.4, 0.5) is 11.8 Å². The van der Waals surface area contributed by atoms with Gasteiger partial charge in [0.15, 0.2) is 0 Å². The molecular weight excluding hydrogens is 206 g/mol. The van der Waals surface area contributed by atoms with Crippen molar-refractivity contribution >= 4 is 11.8 Å². The molecule has 2 heterocycles. The van der Waals surface area contributed by atoms with Crippen molar-refractivity contribution in [3.05, 3.63) is 12.3 Å². The summed E-state index contributed by atoms with van der Waals surface area (Å²) in [5.74, 6) is 0.492. The monoisotopic (exact) mass is 219 g/mol. The van der Waals surface area contributed by atoms with E-state index < -0.39 is 0 Å². The van der Waals surface area contributed by atoms with E-state index in [1.165, 1.54) is 0 Å². The summed E-state index contributed by atoms with van der Waals surface area (Å²) in [4.78, 5) is 7.92. The number of rotatable bonds is 3. The third kappa shape index (κ3) is 1.92. The number of hydrogen-bond acceptors (Lipinski definition) is 6. The van der Waals surface area contributed by atoms with E-state index >= 15 is 0 Å². The number of hydrogen-bond donors (Lipinski definition) is 2. The molecule has 0 aromatic carbocycles. The predicted molar refractivity (Wildman–Crippen MR) is 60.2 cm³/mol. The van der Waals surface area contributed by atoms with Crippen LogP contribution in [0.1, 0.15) is 13.3 Å². The summed E-state index contributed by atoms with van der Waals surface area (Å²) in [6, 6.07) is 1.65. The SMILES string of the molecule is CCCn1nncc1-c1cc(N)nc(N)n1. The molecule has 0 spiro atoms. The molecule has 0 saturated heterocycles. The number of aryl methyl sites for hydroxylation is 1. The number of nitrogens with zero attached hydrogens (tertiary/aromatic N) is 5. The first-order valence-electron chi connectivity index (χ1n) is 4.99. The number of nitrogens with two attached hydrogens (primary N) is 2. The summed E-state index contributed by atoms with van der Waals surface area (Å²) in [6.45, 7) is 2.84. The summed E-state index contributed by atoms with van der Waals surface area (Å²) in [6.07, 6.45) is 2.60. The highest BCUT2D eigenvalue weighted by Crippen LogP contribution is 2.18. The molecule has 7 nitrogen and oxygen atoms in total. The second-order valence-electron chi connectivity index (χ2n) is 3.38. The van der Waals surface area contributed by atoms with Crippen LogP contribution in [0.15, 0.2) is 12.3 Å². The molecule has 0 radical (unpaired) electrons. The van der Waals surface area contributed by atoms with Crippen molar-refractivity contribution in [1.82, 2.24) is 25.0 Å². The van der Waals surface area contributed by atoms with Crippen LogP contribution < -0.4 is 11.5 Å². The fourth-order valence-corrected chi connectivity index (χ4v) is 1.45. The number of nitrogen functional groups attached to an aromatic ring is 2. The lowest BCUT2D eigenvalue weighted by Gasteiger charge is -2.05. The van der Waals surface area contributed by atoms with Crippen LogP contribution in [0.2, 0.25) is 0 Å². The molecule has 2 rings (SSSR count). The summed E-state index contributed by atoms with van der Waals surface area (Å²) in [5.41, 5.74) is 12.6. The Hall–Kier alpha value is -2.18. The summed E-state index contributed by atoms with van der Waals surface area (Å²) in [7, 11) is 0. The standard InChI is InChI=1S/C9H13N7/c1-2-3-16-7(5-12-15-16)6-4-8(10)14-9(11)13-6/h4-5H,2-3H2,1H3,(H4,10,11,13,14). The summed E-state index contributed by atoms with van der Waals surface area (Å²) < 4.78 is 1.77. The Morgan fingerprint density at radius 1 is 1.31 bits per heavy atom. The molecule has 2 aromatic heterocycles. The molecule has 0 aliphatic rings. The summed E-state index contributed by atoms with van der Waals surface area (Å²) in [5, 5.41) is 7.81. The zero-order chi connectivity index (χ0) is 11.5. The maximum absolute atomic E-state index is 5.61. The number of aromatic nitrogens is 5. The molecule has 0 aliphatic carbocycles. The van der Waals surface area contributed by atoms with Crippen LogP contribution in [0.3, 0.4) is 0 Å². The molecule has 4 N–H and O–H groups in total. The first-order valence-corrected chi connectivity index (χ1v) is 4.99. The zero-order valence-corrected chi connectivity index (χ0v) is 8.96. The minimum atomic E-state index is 0.152. The van der Waals surface area contributed by atoms with Gasteiger partial charge in [0.25, 0.3) is 0 Å². The van der Waals surface area contributed by atoms with Gasteiger partial charge >= 0.3 is 0 Å². The Bertz CT molecular complexity index is 470. The van der Waals surface area contributed by atoms with Crippen molar-refractivity contribution in [2.75, 3.05) is 11.5 Å². The van der Waals surface area contributed by atoms with Crippen molar-refractivity contribution < 1.29 is 0 Å². The van der Waals surface area contributed by atoms with Crippen molar-refractivity contribution in [3.63, 3.8) is 0 Å². The highest BCUT2D eigenvalue weighted by molar-refractivity contribution is 5.58. The fourth-order valence-electron chi connectivity index (χ4n) is 1.45. The third-order valence-corrected chi connectivity index (χ3v) is 2.08. The Morgan fingerprint density at radius 2 is 2.12 bits per heavy atom. The Labute approximate surface area is 92.5 Å². The fraction of sp³-hybridized carbons (Fsp3) is 0.333. The molecule has 7 heteroatoms. The highest BCUT2D eigenvalue weighted by atomic mass is 15.4. The van der Waals surface area contributed by atoms with E-state index in [1.54, 1.807) is 16.9 Å². The second kappa shape index (κ2) is 4.13. The van der Waals surface area contributed by atoms with Crippen molar-refractivity contribution in [3.8, 4) is 11.4 Å². The average molecular weight is 219 g/mol. The minimum absolute atomic E-state index is 0.152. The molecule has 0 saturated carbocycles. The Balaban J connectivity index is 2.45. The maximum atomic E-state index is 5.61. The van der Waals surface area contributed by atoms with Crippen LogP contribution in [-0.2, 0) is 6.54 Å². The first kappa shape index (κ1) is 10.3. The normalized spacial score (nSPS) is 10.6. The van der Waals surface area contributed by atoms with E-state index in [9.17, 15) is 0 Å². The topological polar surface area (TPSA) is 109 Å². The molecule has 0 unspecified atom stereocenters. The molecule has 16 heavy (non-hydrogen) atoms. The van der Waals surface area contributed by atoms with Gasteiger partial charge in [0.1, 0.15) is 11.5 Å². The predicted octanol–water partition coefficient (Wildman–Crippen LogP) is 0.309. The van der Waals surface area contributed by atoms with Gasteiger partial charge in [-0.25, -0.2) is 9.67 Å². The lowest BCUT2D eigenvalue weighted by Crippen LogP contribution is -2.05. The smallest absolute Gasteiger partial charge is 0.222 e. The van der Waals surface area contributed by atoms with Gasteiger partial charge in [-0.15, -0.1) is 5.10 Å². The quantitative estimate of drug-likeness (QED) is 0.769. The largest absolute Gasteiger partial charge is 0.384 e. The lowest BCUT2D eigenvalue weighted by atomic mass is 10.3.